The third-order valence-electron chi connectivity index (χ3n) is 4.70. The van der Waals surface area contributed by atoms with Crippen LogP contribution in [0, 0.1) is 0 Å². The number of halogens is 4. The molecule has 1 atom stereocenters. The number of hydrogen-bond acceptors (Lipinski definition) is 5. The zero-order chi connectivity index (χ0) is 22.3. The van der Waals surface area contributed by atoms with Crippen LogP contribution in [-0.4, -0.2) is 38.1 Å². The molecule has 0 unspecified atom stereocenters. The van der Waals surface area contributed by atoms with Crippen molar-refractivity contribution in [3.05, 3.63) is 65.0 Å². The molecule has 1 aliphatic rings. The van der Waals surface area contributed by atoms with Gasteiger partial charge in [-0.05, 0) is 31.2 Å². The molecule has 0 fully saturated rings. The van der Waals surface area contributed by atoms with Gasteiger partial charge in [0.05, 0.1) is 35.9 Å². The van der Waals surface area contributed by atoms with Crippen molar-refractivity contribution in [2.45, 2.75) is 19.1 Å². The first-order valence-corrected chi connectivity index (χ1v) is 9.38. The van der Waals surface area contributed by atoms with E-state index in [0.717, 1.165) is 12.1 Å². The normalized spacial score (nSPS) is 16.2. The van der Waals surface area contributed by atoms with Crippen LogP contribution in [0.3, 0.4) is 0 Å². The number of nitrogens with zero attached hydrogens (tertiary/aromatic N) is 5. The van der Waals surface area contributed by atoms with Crippen LogP contribution < -0.4 is 10.2 Å². The second-order valence-electron chi connectivity index (χ2n) is 6.84. The lowest BCUT2D eigenvalue weighted by Crippen LogP contribution is -2.43. The van der Waals surface area contributed by atoms with E-state index in [9.17, 15) is 22.8 Å². The fourth-order valence-corrected chi connectivity index (χ4v) is 3.39. The van der Waals surface area contributed by atoms with Crippen molar-refractivity contribution in [1.29, 1.82) is 0 Å². The van der Waals surface area contributed by atoms with Crippen LogP contribution in [0.4, 0.5) is 24.5 Å². The van der Waals surface area contributed by atoms with Crippen molar-refractivity contribution in [2.24, 2.45) is 0 Å². The first kappa shape index (κ1) is 20.8. The minimum absolute atomic E-state index is 0.0304. The highest BCUT2D eigenvalue weighted by atomic mass is 35.5. The Balaban J connectivity index is 1.63. The van der Waals surface area contributed by atoms with Gasteiger partial charge in [0.1, 0.15) is 10.8 Å². The summed E-state index contributed by atoms with van der Waals surface area (Å²) in [4.78, 5) is 34.6. The van der Waals surface area contributed by atoms with E-state index in [4.69, 9.17) is 11.6 Å². The van der Waals surface area contributed by atoms with Crippen LogP contribution in [0.15, 0.2) is 42.9 Å². The Hall–Kier alpha value is -3.47. The molecule has 4 rings (SSSR count). The van der Waals surface area contributed by atoms with Gasteiger partial charge in [0.25, 0.3) is 11.8 Å². The molecule has 12 heteroatoms. The largest absolute Gasteiger partial charge is 0.416 e. The van der Waals surface area contributed by atoms with E-state index < -0.39 is 23.6 Å². The number of carbonyl (C=O) groups is 2. The Kier molecular flexibility index (Phi) is 5.13. The number of benzene rings is 1. The van der Waals surface area contributed by atoms with Crippen molar-refractivity contribution in [2.75, 3.05) is 16.8 Å². The number of fused-ring (bicyclic) bond motifs is 1. The number of anilines is 2. The van der Waals surface area contributed by atoms with Crippen LogP contribution >= 0.6 is 11.6 Å². The van der Waals surface area contributed by atoms with Crippen LogP contribution in [0.2, 0.25) is 5.15 Å². The maximum Gasteiger partial charge on any atom is 0.416 e. The summed E-state index contributed by atoms with van der Waals surface area (Å²) in [5, 5.41) is 6.77. The molecule has 160 valence electrons. The van der Waals surface area contributed by atoms with Gasteiger partial charge in [0, 0.05) is 12.2 Å². The number of nitrogens with one attached hydrogen (secondary N) is 1. The lowest BCUT2D eigenvalue weighted by molar-refractivity contribution is -0.137. The molecule has 0 radical (unpaired) electrons. The standard InChI is InChI=1S/C19H14ClF3N6O2/c1-10-9-28(12-4-2-11(3-5-12)19(21,22)23)18(31)16-13(7-25-29(10)16)27-17(30)14-6-24-8-15(20)26-14/h2-8,10H,9H2,1H3,(H,27,30)/t10-/m0/s1. The maximum atomic E-state index is 13.1. The van der Waals surface area contributed by atoms with E-state index in [1.165, 1.54) is 40.3 Å². The zero-order valence-electron chi connectivity index (χ0n) is 15.9. The lowest BCUT2D eigenvalue weighted by atomic mass is 10.1. The third kappa shape index (κ3) is 3.96. The highest BCUT2D eigenvalue weighted by Crippen LogP contribution is 2.33. The SMILES string of the molecule is C[C@H]1CN(c2ccc(C(F)(F)F)cc2)C(=O)c2c(NC(=O)c3cncc(Cl)n3)cnn21. The van der Waals surface area contributed by atoms with Gasteiger partial charge in [0.2, 0.25) is 0 Å². The zero-order valence-corrected chi connectivity index (χ0v) is 16.6. The maximum absolute atomic E-state index is 13.1. The summed E-state index contributed by atoms with van der Waals surface area (Å²) in [7, 11) is 0. The van der Waals surface area contributed by atoms with Crippen LogP contribution in [0.5, 0.6) is 0 Å². The Morgan fingerprint density at radius 2 is 1.90 bits per heavy atom. The molecule has 0 bridgehead atoms. The summed E-state index contributed by atoms with van der Waals surface area (Å²) in [6, 6.07) is 4.02. The molecule has 2 amide bonds. The molecule has 31 heavy (non-hydrogen) atoms. The molecule has 1 N–H and O–H groups in total. The van der Waals surface area contributed by atoms with E-state index in [1.54, 1.807) is 6.92 Å². The van der Waals surface area contributed by atoms with E-state index in [2.05, 4.69) is 20.4 Å². The van der Waals surface area contributed by atoms with Crippen molar-refractivity contribution in [3.63, 3.8) is 0 Å². The van der Waals surface area contributed by atoms with Gasteiger partial charge in [-0.2, -0.15) is 18.3 Å². The number of aromatic nitrogens is 4. The monoisotopic (exact) mass is 450 g/mol. The van der Waals surface area contributed by atoms with Crippen LogP contribution in [0.1, 0.15) is 39.5 Å². The van der Waals surface area contributed by atoms with E-state index >= 15 is 0 Å². The minimum atomic E-state index is -4.48. The quantitative estimate of drug-likeness (QED) is 0.655. The summed E-state index contributed by atoms with van der Waals surface area (Å²) in [6.07, 6.45) is -0.656. The fraction of sp³-hybridized carbons (Fsp3) is 0.211. The number of amides is 2. The Morgan fingerprint density at radius 3 is 2.55 bits per heavy atom. The predicted octanol–water partition coefficient (Wildman–Crippen LogP) is 3.82. The smallest absolute Gasteiger partial charge is 0.317 e. The van der Waals surface area contributed by atoms with Crippen LogP contribution in [-0.2, 0) is 6.18 Å². The number of rotatable bonds is 3. The average molecular weight is 451 g/mol. The molecule has 1 aromatic carbocycles. The molecule has 3 heterocycles. The third-order valence-corrected chi connectivity index (χ3v) is 4.88. The number of carbonyl (C=O) groups excluding carboxylic acids is 2. The van der Waals surface area contributed by atoms with Crippen molar-refractivity contribution in [3.8, 4) is 0 Å². The van der Waals surface area contributed by atoms with Gasteiger partial charge in [0.15, 0.2) is 5.69 Å². The number of alkyl halides is 3. The predicted molar refractivity (Wildman–Crippen MR) is 105 cm³/mol. The Morgan fingerprint density at radius 1 is 1.19 bits per heavy atom. The molecule has 1 aliphatic heterocycles. The van der Waals surface area contributed by atoms with E-state index in [1.807, 2.05) is 0 Å². The van der Waals surface area contributed by atoms with Gasteiger partial charge in [-0.3, -0.25) is 19.3 Å². The van der Waals surface area contributed by atoms with Gasteiger partial charge >= 0.3 is 6.18 Å². The number of hydrogen-bond donors (Lipinski definition) is 1. The van der Waals surface area contributed by atoms with Crippen molar-refractivity contribution >= 4 is 34.8 Å². The molecule has 8 nitrogen and oxygen atoms in total. The van der Waals surface area contributed by atoms with Gasteiger partial charge < -0.3 is 10.2 Å². The van der Waals surface area contributed by atoms with Crippen molar-refractivity contribution < 1.29 is 22.8 Å². The summed E-state index contributed by atoms with van der Waals surface area (Å²) in [6.45, 7) is 2.00. The molecule has 0 saturated carbocycles. The van der Waals surface area contributed by atoms with Gasteiger partial charge in [-0.25, -0.2) is 4.98 Å². The lowest BCUT2D eigenvalue weighted by Gasteiger charge is -2.32. The molecule has 0 aliphatic carbocycles. The average Bonchev–Trinajstić information content (AvgIpc) is 3.14. The minimum Gasteiger partial charge on any atom is -0.317 e. The van der Waals surface area contributed by atoms with Crippen LogP contribution in [0.25, 0.3) is 0 Å². The molecular formula is C19H14ClF3N6O2. The summed E-state index contributed by atoms with van der Waals surface area (Å²) in [5.74, 6) is -1.15. The molecule has 2 aromatic heterocycles. The first-order chi connectivity index (χ1) is 14.6. The van der Waals surface area contributed by atoms with E-state index in [-0.39, 0.29) is 34.8 Å². The summed E-state index contributed by atoms with van der Waals surface area (Å²) in [5.41, 5.74) is -0.324. The topological polar surface area (TPSA) is 93.0 Å². The van der Waals surface area contributed by atoms with Gasteiger partial charge in [-0.1, -0.05) is 11.6 Å². The Labute approximate surface area is 178 Å². The highest BCUT2D eigenvalue weighted by Gasteiger charge is 2.35. The summed E-state index contributed by atoms with van der Waals surface area (Å²) < 4.78 is 40.0. The summed E-state index contributed by atoms with van der Waals surface area (Å²) >= 11 is 5.75. The second-order valence-corrected chi connectivity index (χ2v) is 7.23. The molecular weight excluding hydrogens is 437 g/mol. The molecule has 0 saturated heterocycles. The van der Waals surface area contributed by atoms with Gasteiger partial charge in [-0.15, -0.1) is 0 Å². The fourth-order valence-electron chi connectivity index (χ4n) is 3.24. The van der Waals surface area contributed by atoms with Crippen molar-refractivity contribution in [1.82, 2.24) is 19.7 Å². The first-order valence-electron chi connectivity index (χ1n) is 9.00. The molecule has 3 aromatic rings. The Bertz CT molecular complexity index is 1160. The van der Waals surface area contributed by atoms with E-state index in [0.29, 0.717) is 5.69 Å². The molecule has 0 spiro atoms. The second kappa shape index (κ2) is 7.65. The highest BCUT2D eigenvalue weighted by molar-refractivity contribution is 6.29.